The molecule has 6 nitrogen and oxygen atoms in total. The number of nitrogens with zero attached hydrogens (tertiary/aromatic N) is 1. The number of nitrogens with one attached hydrogen (secondary N) is 1. The van der Waals surface area contributed by atoms with E-state index in [1.807, 2.05) is 36.4 Å². The number of anilines is 1. The molecule has 0 radical (unpaired) electrons. The highest BCUT2D eigenvalue weighted by Gasteiger charge is 2.06. The van der Waals surface area contributed by atoms with Crippen LogP contribution in [0.1, 0.15) is 21.5 Å². The Morgan fingerprint density at radius 1 is 1.10 bits per heavy atom. The molecule has 3 aromatic rings. The van der Waals surface area contributed by atoms with Crippen LogP contribution in [0.25, 0.3) is 0 Å². The maximum atomic E-state index is 11.0. The minimum Gasteiger partial charge on any atom is -0.545 e. The summed E-state index contributed by atoms with van der Waals surface area (Å²) in [6.45, 7) is 0.410. The third-order valence-corrected chi connectivity index (χ3v) is 4.35. The van der Waals surface area contributed by atoms with Gasteiger partial charge < -0.3 is 19.4 Å². The van der Waals surface area contributed by atoms with Gasteiger partial charge >= 0.3 is 0 Å². The highest BCUT2D eigenvalue weighted by atomic mass is 35.5. The van der Waals surface area contributed by atoms with Crippen molar-refractivity contribution in [2.24, 2.45) is 5.10 Å². The normalized spacial score (nSPS) is 10.7. The van der Waals surface area contributed by atoms with Crippen LogP contribution in [0.5, 0.6) is 11.5 Å². The maximum Gasteiger partial charge on any atom is 0.162 e. The van der Waals surface area contributed by atoms with Crippen LogP contribution in [-0.4, -0.2) is 19.3 Å². The minimum atomic E-state index is -1.35. The number of hydrazone groups is 1. The van der Waals surface area contributed by atoms with Crippen molar-refractivity contribution in [3.63, 3.8) is 0 Å². The summed E-state index contributed by atoms with van der Waals surface area (Å²) in [5.74, 6) is -0.147. The fourth-order valence-corrected chi connectivity index (χ4v) is 2.75. The van der Waals surface area contributed by atoms with Crippen LogP contribution in [0, 0.1) is 0 Å². The Balaban J connectivity index is 1.70. The smallest absolute Gasteiger partial charge is 0.162 e. The summed E-state index contributed by atoms with van der Waals surface area (Å²) >= 11 is 5.83. The van der Waals surface area contributed by atoms with Gasteiger partial charge in [-0.25, -0.2) is 0 Å². The van der Waals surface area contributed by atoms with Gasteiger partial charge in [0, 0.05) is 10.6 Å². The van der Waals surface area contributed by atoms with Crippen molar-refractivity contribution < 1.29 is 19.4 Å². The number of carbonyl (C=O) groups excluding carboxylic acids is 1. The van der Waals surface area contributed by atoms with Crippen LogP contribution >= 0.6 is 11.6 Å². The van der Waals surface area contributed by atoms with Crippen molar-refractivity contribution in [2.45, 2.75) is 6.61 Å². The number of rotatable bonds is 8. The van der Waals surface area contributed by atoms with Crippen LogP contribution in [0.4, 0.5) is 5.69 Å². The van der Waals surface area contributed by atoms with Gasteiger partial charge in [0.15, 0.2) is 11.5 Å². The number of carboxylic acids is 1. The largest absolute Gasteiger partial charge is 0.545 e. The number of hydrogen-bond donors (Lipinski definition) is 1. The van der Waals surface area contributed by atoms with Crippen LogP contribution in [0.15, 0.2) is 71.8 Å². The van der Waals surface area contributed by atoms with Crippen molar-refractivity contribution in [2.75, 3.05) is 12.5 Å². The second kappa shape index (κ2) is 9.61. The summed E-state index contributed by atoms with van der Waals surface area (Å²) in [6, 6.07) is 19.7. The topological polar surface area (TPSA) is 83.0 Å². The Morgan fingerprint density at radius 3 is 2.62 bits per heavy atom. The third-order valence-electron chi connectivity index (χ3n) is 4.02. The number of carbonyl (C=O) groups is 1. The first kappa shape index (κ1) is 20.2. The zero-order valence-electron chi connectivity index (χ0n) is 15.6. The number of carboxylic acid groups (broad SMARTS) is 1. The summed E-state index contributed by atoms with van der Waals surface area (Å²) in [5, 5.41) is 15.3. The lowest BCUT2D eigenvalue weighted by Gasteiger charge is -2.11. The molecule has 29 heavy (non-hydrogen) atoms. The van der Waals surface area contributed by atoms with Crippen LogP contribution in [-0.2, 0) is 6.61 Å². The van der Waals surface area contributed by atoms with Gasteiger partial charge in [0.2, 0.25) is 0 Å². The lowest BCUT2D eigenvalue weighted by atomic mass is 10.2. The predicted molar refractivity (Wildman–Crippen MR) is 111 cm³/mol. The molecule has 0 aromatic heterocycles. The van der Waals surface area contributed by atoms with Crippen molar-refractivity contribution in [1.82, 2.24) is 0 Å². The number of methoxy groups -OCH3 is 1. The Kier molecular flexibility index (Phi) is 6.71. The number of aromatic carboxylic acids is 1. The van der Waals surface area contributed by atoms with E-state index in [1.165, 1.54) is 12.1 Å². The molecule has 0 unspecified atom stereocenters. The van der Waals surface area contributed by atoms with Crippen molar-refractivity contribution in [1.29, 1.82) is 0 Å². The van der Waals surface area contributed by atoms with Crippen molar-refractivity contribution >= 4 is 29.5 Å². The third kappa shape index (κ3) is 5.49. The van der Waals surface area contributed by atoms with Gasteiger partial charge in [0.05, 0.1) is 25.0 Å². The molecule has 0 spiro atoms. The van der Waals surface area contributed by atoms with Gasteiger partial charge in [-0.15, -0.1) is 0 Å². The number of benzene rings is 3. The van der Waals surface area contributed by atoms with E-state index in [1.54, 1.807) is 31.5 Å². The Morgan fingerprint density at radius 2 is 1.90 bits per heavy atom. The van der Waals surface area contributed by atoms with Gasteiger partial charge in [-0.2, -0.15) is 5.10 Å². The first-order valence-electron chi connectivity index (χ1n) is 8.71. The van der Waals surface area contributed by atoms with E-state index in [0.717, 1.165) is 11.1 Å². The highest BCUT2D eigenvalue weighted by molar-refractivity contribution is 6.33. The predicted octanol–water partition coefficient (Wildman–Crippen LogP) is 3.74. The van der Waals surface area contributed by atoms with E-state index in [9.17, 15) is 9.90 Å². The molecule has 3 rings (SSSR count). The van der Waals surface area contributed by atoms with Crippen molar-refractivity contribution in [3.05, 3.63) is 88.4 Å². The maximum absolute atomic E-state index is 11.0. The molecule has 0 aliphatic heterocycles. The molecule has 0 aliphatic carbocycles. The first-order chi connectivity index (χ1) is 14.1. The van der Waals surface area contributed by atoms with E-state index >= 15 is 0 Å². The average Bonchev–Trinajstić information content (AvgIpc) is 2.74. The molecule has 148 valence electrons. The molecule has 0 atom stereocenters. The minimum absolute atomic E-state index is 0.104. The second-order valence-corrected chi connectivity index (χ2v) is 6.44. The molecular weight excluding hydrogens is 392 g/mol. The van der Waals surface area contributed by atoms with E-state index in [4.69, 9.17) is 21.1 Å². The summed E-state index contributed by atoms with van der Waals surface area (Å²) in [6.07, 6.45) is 1.59. The molecule has 0 heterocycles. The van der Waals surface area contributed by atoms with Gasteiger partial charge in [0.25, 0.3) is 0 Å². The summed E-state index contributed by atoms with van der Waals surface area (Å²) in [5.41, 5.74) is 4.95. The van der Waals surface area contributed by atoms with E-state index in [0.29, 0.717) is 23.8 Å². The lowest BCUT2D eigenvalue weighted by molar-refractivity contribution is -0.255. The van der Waals surface area contributed by atoms with E-state index in [-0.39, 0.29) is 10.6 Å². The zero-order valence-corrected chi connectivity index (χ0v) is 16.3. The second-order valence-electron chi connectivity index (χ2n) is 6.04. The fourth-order valence-electron chi connectivity index (χ4n) is 2.55. The van der Waals surface area contributed by atoms with E-state index in [2.05, 4.69) is 10.5 Å². The zero-order chi connectivity index (χ0) is 20.6. The Hall–Kier alpha value is -3.51. The fraction of sp³-hybridized carbons (Fsp3) is 0.0909. The Bertz CT molecular complexity index is 1020. The van der Waals surface area contributed by atoms with Crippen LogP contribution in [0.3, 0.4) is 0 Å². The van der Waals surface area contributed by atoms with Crippen molar-refractivity contribution in [3.8, 4) is 11.5 Å². The monoisotopic (exact) mass is 409 g/mol. The van der Waals surface area contributed by atoms with Crippen LogP contribution in [0.2, 0.25) is 5.02 Å². The number of ether oxygens (including phenoxy) is 2. The molecule has 1 N–H and O–H groups in total. The number of hydrogen-bond acceptors (Lipinski definition) is 6. The quantitative estimate of drug-likeness (QED) is 0.452. The molecule has 0 bridgehead atoms. The summed E-state index contributed by atoms with van der Waals surface area (Å²) < 4.78 is 11.2. The molecular formula is C22H18ClN2O4-. The molecule has 0 amide bonds. The van der Waals surface area contributed by atoms with Gasteiger partial charge in [-0.1, -0.05) is 41.9 Å². The summed E-state index contributed by atoms with van der Waals surface area (Å²) in [4.78, 5) is 11.0. The first-order valence-corrected chi connectivity index (χ1v) is 9.09. The molecule has 0 aliphatic rings. The average molecular weight is 410 g/mol. The molecule has 0 saturated carbocycles. The summed E-state index contributed by atoms with van der Waals surface area (Å²) in [7, 11) is 1.58. The van der Waals surface area contributed by atoms with Gasteiger partial charge in [0.1, 0.15) is 6.61 Å². The van der Waals surface area contributed by atoms with Gasteiger partial charge in [-0.3, -0.25) is 5.43 Å². The van der Waals surface area contributed by atoms with Crippen LogP contribution < -0.4 is 20.0 Å². The molecule has 7 heteroatoms. The SMILES string of the molecule is COc1ccc(/C=N\Nc2ccc(Cl)c(C(=O)[O-])c2)cc1OCc1ccccc1. The molecule has 0 saturated heterocycles. The van der Waals surface area contributed by atoms with E-state index < -0.39 is 5.97 Å². The highest BCUT2D eigenvalue weighted by Crippen LogP contribution is 2.28. The van der Waals surface area contributed by atoms with Gasteiger partial charge in [-0.05, 0) is 47.5 Å². The number of halogens is 1. The molecule has 3 aromatic carbocycles. The standard InChI is InChI=1S/C22H19ClN2O4/c1-28-20-10-7-16(11-21(20)29-14-15-5-3-2-4-6-15)13-24-25-17-8-9-19(23)18(12-17)22(26)27/h2-13,25H,14H2,1H3,(H,26,27)/p-1/b24-13-. The lowest BCUT2D eigenvalue weighted by Crippen LogP contribution is -2.22. The Labute approximate surface area is 173 Å². The molecule has 0 fully saturated rings.